The molecule has 2 N–H and O–H groups in total. The fourth-order valence-electron chi connectivity index (χ4n) is 1.68. The second-order valence-corrected chi connectivity index (χ2v) is 6.99. The second kappa shape index (κ2) is 5.27. The van der Waals surface area contributed by atoms with E-state index in [1.807, 2.05) is 20.8 Å². The number of nitrogens with zero attached hydrogens (tertiary/aromatic N) is 1. The van der Waals surface area contributed by atoms with Crippen LogP contribution < -0.4 is 0 Å². The SMILES string of the molecule is CC(C)(C)SCC(=O)N1C[C@@H](O)C[C@H]1C(=O)O. The number of carboxylic acids is 1. The first kappa shape index (κ1) is 14.3. The number of carbonyl (C=O) groups is 2. The number of aliphatic hydroxyl groups excluding tert-OH is 1. The van der Waals surface area contributed by atoms with Crippen LogP contribution in [-0.4, -0.2) is 56.2 Å². The molecular formula is C11H19NO4S. The van der Waals surface area contributed by atoms with Crippen LogP contribution in [0.15, 0.2) is 0 Å². The van der Waals surface area contributed by atoms with Crippen molar-refractivity contribution in [2.75, 3.05) is 12.3 Å². The Bertz CT molecular complexity index is 313. The highest BCUT2D eigenvalue weighted by Crippen LogP contribution is 2.25. The van der Waals surface area contributed by atoms with Crippen molar-refractivity contribution in [3.05, 3.63) is 0 Å². The Morgan fingerprint density at radius 3 is 2.47 bits per heavy atom. The first-order valence-corrected chi connectivity index (χ1v) is 6.53. The van der Waals surface area contributed by atoms with Gasteiger partial charge >= 0.3 is 5.97 Å². The molecule has 0 aromatic carbocycles. The molecule has 17 heavy (non-hydrogen) atoms. The molecule has 1 heterocycles. The average molecular weight is 261 g/mol. The van der Waals surface area contributed by atoms with E-state index in [1.54, 1.807) is 0 Å². The maximum atomic E-state index is 11.9. The third kappa shape index (κ3) is 4.20. The second-order valence-electron chi connectivity index (χ2n) is 5.19. The maximum absolute atomic E-state index is 11.9. The first-order valence-electron chi connectivity index (χ1n) is 5.55. The molecule has 5 nitrogen and oxygen atoms in total. The molecule has 1 amide bonds. The zero-order valence-corrected chi connectivity index (χ0v) is 11.2. The molecule has 0 spiro atoms. The Balaban J connectivity index is 2.59. The molecule has 0 aliphatic carbocycles. The van der Waals surface area contributed by atoms with E-state index in [9.17, 15) is 14.7 Å². The molecule has 0 aromatic heterocycles. The number of thioether (sulfide) groups is 1. The molecule has 0 unspecified atom stereocenters. The van der Waals surface area contributed by atoms with E-state index in [1.165, 1.54) is 16.7 Å². The van der Waals surface area contributed by atoms with Crippen LogP contribution in [0, 0.1) is 0 Å². The molecule has 0 bridgehead atoms. The lowest BCUT2D eigenvalue weighted by molar-refractivity contribution is -0.147. The van der Waals surface area contributed by atoms with Crippen molar-refractivity contribution < 1.29 is 19.8 Å². The number of carboxylic acid groups (broad SMARTS) is 1. The van der Waals surface area contributed by atoms with Crippen molar-refractivity contribution in [1.82, 2.24) is 4.90 Å². The number of carbonyl (C=O) groups excluding carboxylic acids is 1. The molecule has 2 atom stereocenters. The van der Waals surface area contributed by atoms with Crippen molar-refractivity contribution in [3.63, 3.8) is 0 Å². The Morgan fingerprint density at radius 1 is 1.41 bits per heavy atom. The van der Waals surface area contributed by atoms with E-state index >= 15 is 0 Å². The Morgan fingerprint density at radius 2 is 2.00 bits per heavy atom. The lowest BCUT2D eigenvalue weighted by Gasteiger charge is -2.23. The number of aliphatic carboxylic acids is 1. The van der Waals surface area contributed by atoms with Crippen molar-refractivity contribution in [3.8, 4) is 0 Å². The van der Waals surface area contributed by atoms with E-state index in [-0.39, 0.29) is 29.4 Å². The topological polar surface area (TPSA) is 77.8 Å². The van der Waals surface area contributed by atoms with Gasteiger partial charge in [-0.2, -0.15) is 0 Å². The summed E-state index contributed by atoms with van der Waals surface area (Å²) in [5.41, 5.74) is 0. The summed E-state index contributed by atoms with van der Waals surface area (Å²) in [5.74, 6) is -1.01. The summed E-state index contributed by atoms with van der Waals surface area (Å²) < 4.78 is -0.0350. The zero-order valence-electron chi connectivity index (χ0n) is 10.3. The van der Waals surface area contributed by atoms with Gasteiger partial charge in [-0.3, -0.25) is 4.79 Å². The summed E-state index contributed by atoms with van der Waals surface area (Å²) in [5, 5.41) is 18.4. The highest BCUT2D eigenvalue weighted by molar-refractivity contribution is 8.01. The number of hydrogen-bond donors (Lipinski definition) is 2. The normalized spacial score (nSPS) is 25.1. The summed E-state index contributed by atoms with van der Waals surface area (Å²) >= 11 is 1.48. The molecule has 1 rings (SSSR count). The molecule has 1 aliphatic heterocycles. The van der Waals surface area contributed by atoms with Crippen LogP contribution in [-0.2, 0) is 9.59 Å². The third-order valence-electron chi connectivity index (χ3n) is 2.51. The predicted octanol–water partition coefficient (Wildman–Crippen LogP) is 0.565. The highest BCUT2D eigenvalue weighted by atomic mass is 32.2. The standard InChI is InChI=1S/C11H19NO4S/c1-11(2,3)17-6-9(14)12-5-7(13)4-8(12)10(15)16/h7-8,13H,4-6H2,1-3H3,(H,15,16)/t7-,8-/m0/s1. The highest BCUT2D eigenvalue weighted by Gasteiger charge is 2.38. The van der Waals surface area contributed by atoms with Gasteiger partial charge in [0.05, 0.1) is 11.9 Å². The minimum atomic E-state index is -1.05. The predicted molar refractivity (Wildman–Crippen MR) is 66.0 cm³/mol. The van der Waals surface area contributed by atoms with Crippen molar-refractivity contribution in [2.45, 2.75) is 44.1 Å². The van der Waals surface area contributed by atoms with E-state index in [0.717, 1.165) is 0 Å². The Labute approximate surface area is 105 Å². The summed E-state index contributed by atoms with van der Waals surface area (Å²) in [6, 6.07) is -0.877. The molecule has 0 saturated carbocycles. The van der Waals surface area contributed by atoms with E-state index < -0.39 is 18.1 Å². The molecule has 0 radical (unpaired) electrons. The fraction of sp³-hybridized carbons (Fsp3) is 0.818. The maximum Gasteiger partial charge on any atom is 0.326 e. The largest absolute Gasteiger partial charge is 0.480 e. The number of rotatable bonds is 3. The smallest absolute Gasteiger partial charge is 0.326 e. The molecule has 0 aromatic rings. The average Bonchev–Trinajstić information content (AvgIpc) is 2.55. The molecule has 1 aliphatic rings. The number of amides is 1. The van der Waals surface area contributed by atoms with Gasteiger partial charge in [-0.15, -0.1) is 11.8 Å². The van der Waals surface area contributed by atoms with Gasteiger partial charge in [0.15, 0.2) is 0 Å². The Hall–Kier alpha value is -0.750. The Kier molecular flexibility index (Phi) is 4.43. The summed E-state index contributed by atoms with van der Waals surface area (Å²) in [4.78, 5) is 24.1. The van der Waals surface area contributed by atoms with Crippen LogP contribution in [0.2, 0.25) is 0 Å². The summed E-state index contributed by atoms with van der Waals surface area (Å²) in [7, 11) is 0. The fourth-order valence-corrected chi connectivity index (χ4v) is 2.41. The van der Waals surface area contributed by atoms with E-state index in [0.29, 0.717) is 0 Å². The minimum absolute atomic E-state index is 0.0350. The van der Waals surface area contributed by atoms with Gasteiger partial charge in [-0.05, 0) is 0 Å². The third-order valence-corrected chi connectivity index (χ3v) is 3.77. The first-order chi connectivity index (χ1) is 7.70. The van der Waals surface area contributed by atoms with Crippen molar-refractivity contribution in [2.24, 2.45) is 0 Å². The van der Waals surface area contributed by atoms with Crippen molar-refractivity contribution in [1.29, 1.82) is 0 Å². The quantitative estimate of drug-likeness (QED) is 0.776. The van der Waals surface area contributed by atoms with Crippen molar-refractivity contribution >= 4 is 23.6 Å². The summed E-state index contributed by atoms with van der Waals surface area (Å²) in [6.07, 6.45) is -0.596. The lowest BCUT2D eigenvalue weighted by atomic mass is 10.2. The minimum Gasteiger partial charge on any atom is -0.480 e. The van der Waals surface area contributed by atoms with Gasteiger partial charge in [0.25, 0.3) is 0 Å². The van der Waals surface area contributed by atoms with Crippen LogP contribution in [0.1, 0.15) is 27.2 Å². The number of likely N-dealkylation sites (tertiary alicyclic amines) is 1. The van der Waals surface area contributed by atoms with Gasteiger partial charge in [-0.1, -0.05) is 20.8 Å². The molecule has 6 heteroatoms. The van der Waals surface area contributed by atoms with E-state index in [4.69, 9.17) is 5.11 Å². The number of β-amino-alcohol motifs (C(OH)–C–C–N with tert-alkyl or cyclic N) is 1. The van der Waals surface area contributed by atoms with Gasteiger partial charge in [-0.25, -0.2) is 4.79 Å². The molecule has 1 saturated heterocycles. The van der Waals surface area contributed by atoms with Gasteiger partial charge < -0.3 is 15.1 Å². The van der Waals surface area contributed by atoms with Gasteiger partial charge in [0, 0.05) is 17.7 Å². The summed E-state index contributed by atoms with van der Waals surface area (Å²) in [6.45, 7) is 6.12. The van der Waals surface area contributed by atoms with Crippen LogP contribution in [0.3, 0.4) is 0 Å². The number of hydrogen-bond acceptors (Lipinski definition) is 4. The molecule has 1 fully saturated rings. The van der Waals surface area contributed by atoms with Crippen LogP contribution >= 0.6 is 11.8 Å². The van der Waals surface area contributed by atoms with Gasteiger partial charge in [0.1, 0.15) is 6.04 Å². The molecular weight excluding hydrogens is 242 g/mol. The van der Waals surface area contributed by atoms with Crippen LogP contribution in [0.4, 0.5) is 0 Å². The van der Waals surface area contributed by atoms with Gasteiger partial charge in [0.2, 0.25) is 5.91 Å². The van der Waals surface area contributed by atoms with Crippen LogP contribution in [0.25, 0.3) is 0 Å². The monoisotopic (exact) mass is 261 g/mol. The van der Waals surface area contributed by atoms with E-state index in [2.05, 4.69) is 0 Å². The number of aliphatic hydroxyl groups is 1. The zero-order chi connectivity index (χ0) is 13.2. The van der Waals surface area contributed by atoms with Crippen LogP contribution in [0.5, 0.6) is 0 Å². The molecule has 98 valence electrons. The lowest BCUT2D eigenvalue weighted by Crippen LogP contribution is -2.42.